The van der Waals surface area contributed by atoms with Crippen molar-refractivity contribution in [2.75, 3.05) is 13.6 Å². The van der Waals surface area contributed by atoms with Crippen LogP contribution in [0.5, 0.6) is 0 Å². The zero-order chi connectivity index (χ0) is 10.1. The number of fused-ring (bicyclic) bond motifs is 1. The number of hydrogen-bond donors (Lipinski definition) is 1. The minimum Gasteiger partial charge on any atom is -0.319 e. The molecule has 14 heavy (non-hydrogen) atoms. The van der Waals surface area contributed by atoms with Crippen LogP contribution in [0, 0.1) is 0 Å². The van der Waals surface area contributed by atoms with Gasteiger partial charge in [0, 0.05) is 22.2 Å². The Morgan fingerprint density at radius 2 is 2.36 bits per heavy atom. The first-order valence-electron chi connectivity index (χ1n) is 5.49. The van der Waals surface area contributed by atoms with Gasteiger partial charge in [-0.1, -0.05) is 13.8 Å². The molecule has 1 aromatic rings. The molecule has 2 heteroatoms. The van der Waals surface area contributed by atoms with Gasteiger partial charge in [0.2, 0.25) is 0 Å². The Morgan fingerprint density at radius 3 is 3.00 bits per heavy atom. The maximum atomic E-state index is 3.30. The lowest BCUT2D eigenvalue weighted by Crippen LogP contribution is -2.14. The fraction of sp³-hybridized carbons (Fsp3) is 0.667. The predicted molar refractivity (Wildman–Crippen MR) is 63.4 cm³/mol. The lowest BCUT2D eigenvalue weighted by atomic mass is 10.1. The van der Waals surface area contributed by atoms with E-state index in [0.29, 0.717) is 5.92 Å². The van der Waals surface area contributed by atoms with Crippen LogP contribution in [0.15, 0.2) is 6.07 Å². The van der Waals surface area contributed by atoms with Crippen LogP contribution >= 0.6 is 11.3 Å². The van der Waals surface area contributed by atoms with Gasteiger partial charge in [0.15, 0.2) is 0 Å². The minimum absolute atomic E-state index is 0.695. The molecule has 1 aliphatic carbocycles. The molecule has 0 saturated heterocycles. The molecule has 2 rings (SSSR count). The molecule has 78 valence electrons. The van der Waals surface area contributed by atoms with Gasteiger partial charge in [-0.05, 0) is 37.4 Å². The molecule has 1 nitrogen and oxygen atoms in total. The van der Waals surface area contributed by atoms with Crippen LogP contribution in [0.1, 0.15) is 47.4 Å². The summed E-state index contributed by atoms with van der Waals surface area (Å²) in [6.45, 7) is 5.72. The molecule has 0 saturated carbocycles. The number of thiophene rings is 1. The van der Waals surface area contributed by atoms with Crippen LogP contribution in [-0.2, 0) is 6.42 Å². The van der Waals surface area contributed by atoms with Crippen LogP contribution in [0.3, 0.4) is 0 Å². The maximum Gasteiger partial charge on any atom is 0.0124 e. The summed E-state index contributed by atoms with van der Waals surface area (Å²) in [6.07, 6.45) is 2.64. The van der Waals surface area contributed by atoms with Crippen LogP contribution in [0.4, 0.5) is 0 Å². The molecule has 0 bridgehead atoms. The Bertz CT molecular complexity index is 314. The van der Waals surface area contributed by atoms with Crippen LogP contribution in [0.2, 0.25) is 0 Å². The number of hydrogen-bond acceptors (Lipinski definition) is 2. The highest BCUT2D eigenvalue weighted by molar-refractivity contribution is 7.12. The van der Waals surface area contributed by atoms with Crippen molar-refractivity contribution < 1.29 is 0 Å². The van der Waals surface area contributed by atoms with Crippen molar-refractivity contribution in [1.29, 1.82) is 0 Å². The summed E-state index contributed by atoms with van der Waals surface area (Å²) in [5.41, 5.74) is 1.62. The zero-order valence-corrected chi connectivity index (χ0v) is 10.1. The lowest BCUT2D eigenvalue weighted by Gasteiger charge is -2.08. The summed E-state index contributed by atoms with van der Waals surface area (Å²) < 4.78 is 0. The van der Waals surface area contributed by atoms with Crippen molar-refractivity contribution >= 4 is 11.3 Å². The van der Waals surface area contributed by atoms with Crippen molar-refractivity contribution in [1.82, 2.24) is 5.32 Å². The topological polar surface area (TPSA) is 12.0 Å². The molecule has 1 aliphatic rings. The molecule has 1 aromatic heterocycles. The summed E-state index contributed by atoms with van der Waals surface area (Å²) in [5, 5.41) is 3.30. The summed E-state index contributed by atoms with van der Waals surface area (Å²) in [5.74, 6) is 1.48. The fourth-order valence-electron chi connectivity index (χ4n) is 2.19. The molecule has 0 aromatic carbocycles. The van der Waals surface area contributed by atoms with Gasteiger partial charge in [0.1, 0.15) is 0 Å². The van der Waals surface area contributed by atoms with E-state index in [1.54, 1.807) is 15.3 Å². The van der Waals surface area contributed by atoms with Crippen molar-refractivity contribution in [3.8, 4) is 0 Å². The van der Waals surface area contributed by atoms with Crippen LogP contribution in [-0.4, -0.2) is 13.6 Å². The van der Waals surface area contributed by atoms with E-state index in [2.05, 4.69) is 32.3 Å². The number of rotatable bonds is 3. The molecule has 0 spiro atoms. The van der Waals surface area contributed by atoms with E-state index in [9.17, 15) is 0 Å². The van der Waals surface area contributed by atoms with Crippen LogP contribution < -0.4 is 5.32 Å². The highest BCUT2D eigenvalue weighted by Crippen LogP contribution is 2.40. The maximum absolute atomic E-state index is 3.30. The smallest absolute Gasteiger partial charge is 0.0124 e. The minimum atomic E-state index is 0.695. The first-order chi connectivity index (χ1) is 6.72. The van der Waals surface area contributed by atoms with E-state index in [4.69, 9.17) is 0 Å². The molecule has 1 atom stereocenters. The predicted octanol–water partition coefficient (Wildman–Crippen LogP) is 3.12. The van der Waals surface area contributed by atoms with Gasteiger partial charge >= 0.3 is 0 Å². The third-order valence-electron chi connectivity index (χ3n) is 3.01. The summed E-state index contributed by atoms with van der Waals surface area (Å²) in [7, 11) is 2.05. The van der Waals surface area contributed by atoms with Gasteiger partial charge < -0.3 is 5.32 Å². The Balaban J connectivity index is 2.21. The van der Waals surface area contributed by atoms with Crippen molar-refractivity contribution in [2.24, 2.45) is 0 Å². The van der Waals surface area contributed by atoms with E-state index in [1.807, 2.05) is 11.3 Å². The Morgan fingerprint density at radius 1 is 1.57 bits per heavy atom. The third-order valence-corrected chi connectivity index (χ3v) is 4.65. The second kappa shape index (κ2) is 4.03. The standard InChI is InChI=1S/C12H19NS/c1-8(2)11-6-9-4-5-10(7-13-3)12(9)14-11/h6,8,10,13H,4-5,7H2,1-3H3. The van der Waals surface area contributed by atoms with E-state index in [1.165, 1.54) is 12.8 Å². The average molecular weight is 209 g/mol. The quantitative estimate of drug-likeness (QED) is 0.806. The molecule has 0 radical (unpaired) electrons. The Labute approximate surface area is 90.5 Å². The van der Waals surface area contributed by atoms with Gasteiger partial charge in [0.05, 0.1) is 0 Å². The highest BCUT2D eigenvalue weighted by atomic mass is 32.1. The van der Waals surface area contributed by atoms with Gasteiger partial charge in [-0.2, -0.15) is 0 Å². The van der Waals surface area contributed by atoms with Gasteiger partial charge in [0.25, 0.3) is 0 Å². The fourth-order valence-corrected chi connectivity index (χ4v) is 3.54. The monoisotopic (exact) mass is 209 g/mol. The van der Waals surface area contributed by atoms with E-state index < -0.39 is 0 Å². The molecular weight excluding hydrogens is 190 g/mol. The first kappa shape index (κ1) is 10.2. The van der Waals surface area contributed by atoms with E-state index in [0.717, 1.165) is 12.5 Å². The molecular formula is C12H19NS. The van der Waals surface area contributed by atoms with Gasteiger partial charge in [-0.3, -0.25) is 0 Å². The zero-order valence-electron chi connectivity index (χ0n) is 9.26. The van der Waals surface area contributed by atoms with Gasteiger partial charge in [-0.25, -0.2) is 0 Å². The third kappa shape index (κ3) is 1.73. The molecule has 1 heterocycles. The summed E-state index contributed by atoms with van der Waals surface area (Å²) in [6, 6.07) is 2.43. The van der Waals surface area contributed by atoms with E-state index in [-0.39, 0.29) is 0 Å². The Hall–Kier alpha value is -0.340. The number of aryl methyl sites for hydroxylation is 1. The van der Waals surface area contributed by atoms with Gasteiger partial charge in [-0.15, -0.1) is 11.3 Å². The largest absolute Gasteiger partial charge is 0.319 e. The summed E-state index contributed by atoms with van der Waals surface area (Å²) in [4.78, 5) is 3.22. The molecule has 0 fully saturated rings. The lowest BCUT2D eigenvalue weighted by molar-refractivity contribution is 0.629. The van der Waals surface area contributed by atoms with Crippen molar-refractivity contribution in [3.63, 3.8) is 0 Å². The SMILES string of the molecule is CNCC1CCc2cc(C(C)C)sc21. The normalized spacial score (nSPS) is 20.4. The summed E-state index contributed by atoms with van der Waals surface area (Å²) >= 11 is 2.04. The van der Waals surface area contributed by atoms with E-state index >= 15 is 0 Å². The second-order valence-corrected chi connectivity index (χ2v) is 5.60. The van der Waals surface area contributed by atoms with Crippen molar-refractivity contribution in [3.05, 3.63) is 21.4 Å². The average Bonchev–Trinajstić information content (AvgIpc) is 2.67. The Kier molecular flexibility index (Phi) is 2.93. The second-order valence-electron chi connectivity index (χ2n) is 4.49. The van der Waals surface area contributed by atoms with Crippen LogP contribution in [0.25, 0.3) is 0 Å². The highest BCUT2D eigenvalue weighted by Gasteiger charge is 2.25. The number of nitrogens with one attached hydrogen (secondary N) is 1. The molecule has 0 aliphatic heterocycles. The molecule has 1 unspecified atom stereocenters. The molecule has 0 amide bonds. The number of likely N-dealkylation sites (N-methyl/N-ethyl adjacent to an activating group) is 1. The molecule has 1 N–H and O–H groups in total. The first-order valence-corrected chi connectivity index (χ1v) is 6.31. The van der Waals surface area contributed by atoms with Crippen molar-refractivity contribution in [2.45, 2.75) is 38.5 Å².